The van der Waals surface area contributed by atoms with Gasteiger partial charge < -0.3 is 9.64 Å². The molecule has 0 radical (unpaired) electrons. The van der Waals surface area contributed by atoms with Gasteiger partial charge in [0.2, 0.25) is 0 Å². The van der Waals surface area contributed by atoms with Crippen LogP contribution < -0.4 is 4.90 Å². The summed E-state index contributed by atoms with van der Waals surface area (Å²) in [6.45, 7) is 2.10. The van der Waals surface area contributed by atoms with E-state index >= 15 is 8.78 Å². The molecule has 1 aromatic heterocycles. The van der Waals surface area contributed by atoms with E-state index in [2.05, 4.69) is 52.0 Å². The van der Waals surface area contributed by atoms with Crippen LogP contribution in [0.15, 0.2) is 73.1 Å². The van der Waals surface area contributed by atoms with Crippen molar-refractivity contribution in [2.45, 2.75) is 44.2 Å². The smallest absolute Gasteiger partial charge is 0.330 e. The molecule has 5 nitrogen and oxygen atoms in total. The van der Waals surface area contributed by atoms with Crippen molar-refractivity contribution in [2.75, 3.05) is 12.0 Å². The second-order valence-electron chi connectivity index (χ2n) is 10.8. The van der Waals surface area contributed by atoms with Gasteiger partial charge in [0.05, 0.1) is 24.9 Å². The van der Waals surface area contributed by atoms with Crippen LogP contribution in [0.3, 0.4) is 0 Å². The van der Waals surface area contributed by atoms with E-state index < -0.39 is 23.6 Å². The van der Waals surface area contributed by atoms with Crippen molar-refractivity contribution in [1.82, 2.24) is 9.78 Å². The molecule has 4 aromatic rings. The molecule has 0 spiro atoms. The fourth-order valence-corrected chi connectivity index (χ4v) is 5.85. The molecule has 7 heteroatoms. The predicted molar refractivity (Wildman–Crippen MR) is 152 cm³/mol. The highest BCUT2D eigenvalue weighted by Crippen LogP contribution is 2.45. The summed E-state index contributed by atoms with van der Waals surface area (Å²) in [5.74, 6) is -1.29. The minimum atomic E-state index is -0.674. The highest BCUT2D eigenvalue weighted by Gasteiger charge is 2.37. The van der Waals surface area contributed by atoms with Crippen LogP contribution in [0.5, 0.6) is 0 Å². The zero-order chi connectivity index (χ0) is 28.0. The van der Waals surface area contributed by atoms with Gasteiger partial charge in [-0.3, -0.25) is 4.68 Å². The first-order valence-electron chi connectivity index (χ1n) is 13.6. The van der Waals surface area contributed by atoms with E-state index in [1.54, 1.807) is 4.68 Å². The number of fused-ring (bicyclic) bond motifs is 1. The third kappa shape index (κ3) is 4.92. The van der Waals surface area contributed by atoms with Crippen molar-refractivity contribution in [3.8, 4) is 11.1 Å². The predicted octanol–water partition coefficient (Wildman–Crippen LogP) is 6.97. The minimum absolute atomic E-state index is 0.0107. The standard InChI is InChI=1S/C33H31F2N3O2/c1-20-14-25-17-24(26-18-36-37(2)19-26)9-12-28(25)33(38(20)27-10-7-23(8-11-27)22-5-6-22)32-29(34)15-21(16-30(32)35)4-13-31(39)40-3/h4,7-13,15-20,22,33H,5-6,14H2,1-3H3/b13-4+. The largest absolute Gasteiger partial charge is 0.466 e. The van der Waals surface area contributed by atoms with E-state index in [0.717, 1.165) is 40.4 Å². The van der Waals surface area contributed by atoms with Crippen molar-refractivity contribution in [1.29, 1.82) is 0 Å². The Balaban J connectivity index is 1.47. The number of aromatic nitrogens is 2. The number of methoxy groups -OCH3 is 1. The van der Waals surface area contributed by atoms with Gasteiger partial charge in [0.1, 0.15) is 11.6 Å². The molecule has 6 rings (SSSR count). The summed E-state index contributed by atoms with van der Waals surface area (Å²) in [5.41, 5.74) is 6.41. The molecule has 40 heavy (non-hydrogen) atoms. The lowest BCUT2D eigenvalue weighted by molar-refractivity contribution is -0.134. The van der Waals surface area contributed by atoms with Gasteiger partial charge in [0, 0.05) is 36.6 Å². The highest BCUT2D eigenvalue weighted by atomic mass is 19.1. The molecule has 1 aliphatic heterocycles. The lowest BCUT2D eigenvalue weighted by atomic mass is 9.82. The maximum atomic E-state index is 15.9. The summed E-state index contributed by atoms with van der Waals surface area (Å²) in [6, 6.07) is 16.4. The molecule has 3 aromatic carbocycles. The Kier molecular flexibility index (Phi) is 6.74. The average Bonchev–Trinajstić information content (AvgIpc) is 3.70. The number of carbonyl (C=O) groups is 1. The molecular formula is C33H31F2N3O2. The van der Waals surface area contributed by atoms with Gasteiger partial charge in [0.25, 0.3) is 0 Å². The van der Waals surface area contributed by atoms with Crippen LogP contribution in [-0.2, 0) is 23.0 Å². The molecular weight excluding hydrogens is 508 g/mol. The molecule has 2 unspecified atom stereocenters. The SMILES string of the molecule is COC(=O)/C=C/c1cc(F)c(C2c3ccc(-c4cnn(C)c4)cc3CC(C)N2c2ccc(C3CC3)cc2)c(F)c1. The van der Waals surface area contributed by atoms with E-state index in [0.29, 0.717) is 5.92 Å². The number of anilines is 1. The van der Waals surface area contributed by atoms with Gasteiger partial charge >= 0.3 is 5.97 Å². The quantitative estimate of drug-likeness (QED) is 0.196. The first-order valence-corrected chi connectivity index (χ1v) is 13.6. The Morgan fingerprint density at radius 1 is 1.02 bits per heavy atom. The molecule has 0 amide bonds. The number of aryl methyl sites for hydroxylation is 1. The maximum Gasteiger partial charge on any atom is 0.330 e. The number of halogens is 2. The number of nitrogens with zero attached hydrogens (tertiary/aromatic N) is 3. The summed E-state index contributed by atoms with van der Waals surface area (Å²) in [7, 11) is 3.13. The van der Waals surface area contributed by atoms with Gasteiger partial charge in [-0.15, -0.1) is 0 Å². The molecule has 1 saturated carbocycles. The maximum absolute atomic E-state index is 15.9. The van der Waals surface area contributed by atoms with Crippen LogP contribution in [-0.4, -0.2) is 28.9 Å². The van der Waals surface area contributed by atoms with Crippen LogP contribution in [0.1, 0.15) is 59.5 Å². The summed E-state index contributed by atoms with van der Waals surface area (Å²) < 4.78 is 38.2. The molecule has 1 aliphatic carbocycles. The monoisotopic (exact) mass is 539 g/mol. The number of carbonyl (C=O) groups excluding carboxylic acids is 1. The summed E-state index contributed by atoms with van der Waals surface area (Å²) in [4.78, 5) is 13.7. The lowest BCUT2D eigenvalue weighted by Gasteiger charge is -2.44. The van der Waals surface area contributed by atoms with Crippen LogP contribution in [0.2, 0.25) is 0 Å². The van der Waals surface area contributed by atoms with Crippen LogP contribution in [0.4, 0.5) is 14.5 Å². The summed E-state index contributed by atoms with van der Waals surface area (Å²) >= 11 is 0. The zero-order valence-corrected chi connectivity index (χ0v) is 22.8. The first kappa shape index (κ1) is 26.0. The van der Waals surface area contributed by atoms with E-state index in [4.69, 9.17) is 0 Å². The van der Waals surface area contributed by atoms with Crippen molar-refractivity contribution in [3.05, 3.63) is 113 Å². The number of benzene rings is 3. The van der Waals surface area contributed by atoms with Gasteiger partial charge in [-0.05, 0) is 90.3 Å². The fraction of sp³-hybridized carbons (Fsp3) is 0.273. The number of hydrogen-bond donors (Lipinski definition) is 0. The van der Waals surface area contributed by atoms with E-state index in [1.807, 2.05) is 31.6 Å². The van der Waals surface area contributed by atoms with Gasteiger partial charge in [-0.2, -0.15) is 5.10 Å². The average molecular weight is 540 g/mol. The Bertz CT molecular complexity index is 1580. The molecule has 2 heterocycles. The molecule has 2 aliphatic rings. The van der Waals surface area contributed by atoms with E-state index in [9.17, 15) is 4.79 Å². The first-order chi connectivity index (χ1) is 19.3. The second kappa shape index (κ2) is 10.4. The van der Waals surface area contributed by atoms with Crippen LogP contribution in [0, 0.1) is 11.6 Å². The van der Waals surface area contributed by atoms with Crippen LogP contribution in [0.25, 0.3) is 17.2 Å². The Morgan fingerprint density at radius 3 is 2.38 bits per heavy atom. The highest BCUT2D eigenvalue weighted by molar-refractivity contribution is 5.87. The topological polar surface area (TPSA) is 47.4 Å². The zero-order valence-electron chi connectivity index (χ0n) is 22.8. The molecule has 0 bridgehead atoms. The van der Waals surface area contributed by atoms with Crippen molar-refractivity contribution in [2.24, 2.45) is 7.05 Å². The number of hydrogen-bond acceptors (Lipinski definition) is 4. The summed E-state index contributed by atoms with van der Waals surface area (Å²) in [6.07, 6.45) is 9.43. The van der Waals surface area contributed by atoms with E-state index in [1.165, 1.54) is 43.7 Å². The number of rotatable bonds is 6. The molecule has 204 valence electrons. The third-order valence-electron chi connectivity index (χ3n) is 7.97. The normalized spacial score (nSPS) is 18.7. The molecule has 2 atom stereocenters. The number of ether oxygens (including phenoxy) is 1. The van der Waals surface area contributed by atoms with Crippen molar-refractivity contribution >= 4 is 17.7 Å². The number of esters is 1. The van der Waals surface area contributed by atoms with E-state index in [-0.39, 0.29) is 17.2 Å². The fourth-order valence-electron chi connectivity index (χ4n) is 5.85. The second-order valence-corrected chi connectivity index (χ2v) is 10.8. The minimum Gasteiger partial charge on any atom is -0.466 e. The Morgan fingerprint density at radius 2 is 1.75 bits per heavy atom. The van der Waals surface area contributed by atoms with Crippen molar-refractivity contribution in [3.63, 3.8) is 0 Å². The molecule has 0 N–H and O–H groups in total. The molecule has 0 saturated heterocycles. The Labute approximate surface area is 232 Å². The molecule has 1 fully saturated rings. The van der Waals surface area contributed by atoms with Crippen LogP contribution >= 0.6 is 0 Å². The van der Waals surface area contributed by atoms with Gasteiger partial charge in [0.15, 0.2) is 0 Å². The lowest BCUT2D eigenvalue weighted by Crippen LogP contribution is -2.43. The van der Waals surface area contributed by atoms with Gasteiger partial charge in [-0.25, -0.2) is 13.6 Å². The third-order valence-corrected chi connectivity index (χ3v) is 7.97. The summed E-state index contributed by atoms with van der Waals surface area (Å²) in [5, 5.41) is 4.30. The van der Waals surface area contributed by atoms with Gasteiger partial charge in [-0.1, -0.05) is 30.3 Å². The Hall–Kier alpha value is -4.26. The van der Waals surface area contributed by atoms with Crippen molar-refractivity contribution < 1.29 is 18.3 Å².